The lowest BCUT2D eigenvalue weighted by Crippen LogP contribution is -2.54. The van der Waals surface area contributed by atoms with Crippen LogP contribution in [-0.2, 0) is 28.5 Å². The first-order valence-electron chi connectivity index (χ1n) is 22.0. The summed E-state index contributed by atoms with van der Waals surface area (Å²) in [4.78, 5) is 43.1. The SMILES string of the molecule is CC(C)(C)OC(=O)N1CCC(=O)CC1.C[C@@H]1CN(C2CCN(C(=O)OC(C)(C)C)CC2)C[C@H](C)O1.C[C@@H]1CN(C2CCNCC2)C[C@H](C)O1.C[C@@H]1CNC[C@H](C)O1. The zero-order chi connectivity index (χ0) is 42.3. The number of ketones is 1. The molecule has 6 saturated heterocycles. The van der Waals surface area contributed by atoms with Crippen LogP contribution in [0, 0.1) is 0 Å². The molecule has 57 heavy (non-hydrogen) atoms. The zero-order valence-electron chi connectivity index (χ0n) is 37.9. The molecule has 14 nitrogen and oxygen atoms in total. The van der Waals surface area contributed by atoms with Gasteiger partial charge >= 0.3 is 12.2 Å². The molecule has 6 aliphatic rings. The Morgan fingerprint density at radius 2 is 0.895 bits per heavy atom. The number of carbonyl (C=O) groups is 3. The lowest BCUT2D eigenvalue weighted by atomic mass is 10.0. The minimum Gasteiger partial charge on any atom is -0.444 e. The average Bonchev–Trinajstić information content (AvgIpc) is 3.11. The highest BCUT2D eigenvalue weighted by Crippen LogP contribution is 2.23. The van der Waals surface area contributed by atoms with E-state index in [9.17, 15) is 14.4 Å². The van der Waals surface area contributed by atoms with E-state index in [0.29, 0.717) is 68.6 Å². The Kier molecular flexibility index (Phi) is 20.5. The maximum absolute atomic E-state index is 12.1. The number of hydrogen-bond donors (Lipinski definition) is 2. The molecule has 0 aromatic heterocycles. The van der Waals surface area contributed by atoms with Crippen molar-refractivity contribution in [3.63, 3.8) is 0 Å². The number of amides is 2. The van der Waals surface area contributed by atoms with E-state index < -0.39 is 11.2 Å². The second-order valence-corrected chi connectivity index (χ2v) is 19.0. The average molecular weight is 811 g/mol. The van der Waals surface area contributed by atoms with Gasteiger partial charge in [0.2, 0.25) is 0 Å². The lowest BCUT2D eigenvalue weighted by molar-refractivity contribution is -0.121. The first-order chi connectivity index (χ1) is 26.7. The second-order valence-electron chi connectivity index (χ2n) is 19.0. The number of morpholine rings is 3. The molecule has 6 atom stereocenters. The molecule has 0 aromatic rings. The van der Waals surface area contributed by atoms with E-state index in [1.54, 1.807) is 4.90 Å². The predicted octanol–water partition coefficient (Wildman–Crippen LogP) is 5.31. The van der Waals surface area contributed by atoms with Gasteiger partial charge in [-0.3, -0.25) is 14.6 Å². The fourth-order valence-corrected chi connectivity index (χ4v) is 8.19. The highest BCUT2D eigenvalue weighted by Gasteiger charge is 2.33. The van der Waals surface area contributed by atoms with Crippen LogP contribution in [0.2, 0.25) is 0 Å². The van der Waals surface area contributed by atoms with Crippen molar-refractivity contribution in [2.24, 2.45) is 0 Å². The second kappa shape index (κ2) is 23.6. The standard InChI is InChI=1S/C16H30N2O3.C11H22N2O.C10H17NO3.C6H13NO/c1-12-10-18(11-13(2)20-12)14-6-8-17(9-7-14)15(19)21-16(3,4)5;1-9-7-13(8-10(2)14-9)11-3-5-12-6-4-11;1-10(2,3)14-9(13)11-6-4-8(12)5-7-11;1-5-3-7-4-6(2)8-5/h12-14H,6-11H2,1-5H3;9-12H,3-8H2,1-2H3;4-7H2,1-3H3;5-7H,3-4H2,1-2H3/t12-,13+;9-,10+;;5-,6+. The lowest BCUT2D eigenvalue weighted by Gasteiger charge is -2.43. The molecule has 0 bridgehead atoms. The topological polar surface area (TPSA) is 134 Å². The predicted molar refractivity (Wildman–Crippen MR) is 225 cm³/mol. The fourth-order valence-electron chi connectivity index (χ4n) is 8.19. The van der Waals surface area contributed by atoms with E-state index in [-0.39, 0.29) is 18.0 Å². The molecule has 2 N–H and O–H groups in total. The van der Waals surface area contributed by atoms with Gasteiger partial charge < -0.3 is 44.1 Å². The largest absolute Gasteiger partial charge is 0.444 e. The van der Waals surface area contributed by atoms with E-state index in [0.717, 1.165) is 71.2 Å². The van der Waals surface area contributed by atoms with Gasteiger partial charge in [0.05, 0.1) is 36.6 Å². The van der Waals surface area contributed by atoms with E-state index in [1.165, 1.54) is 25.9 Å². The Hall–Kier alpha value is -2.07. The van der Waals surface area contributed by atoms with Crippen LogP contribution in [0.4, 0.5) is 9.59 Å². The Labute approximate surface area is 345 Å². The van der Waals surface area contributed by atoms with Crippen molar-refractivity contribution >= 4 is 18.0 Å². The van der Waals surface area contributed by atoms with Gasteiger partial charge in [-0.25, -0.2) is 9.59 Å². The quantitative estimate of drug-likeness (QED) is 0.375. The fraction of sp³-hybridized carbons (Fsp3) is 0.930. The third-order valence-corrected chi connectivity index (χ3v) is 10.7. The van der Waals surface area contributed by atoms with Crippen LogP contribution in [0.15, 0.2) is 0 Å². The third kappa shape index (κ3) is 19.7. The molecule has 14 heteroatoms. The van der Waals surface area contributed by atoms with E-state index in [1.807, 2.05) is 46.4 Å². The Balaban J connectivity index is 0.000000214. The van der Waals surface area contributed by atoms with Crippen molar-refractivity contribution < 1.29 is 38.1 Å². The molecule has 0 radical (unpaired) electrons. The van der Waals surface area contributed by atoms with Gasteiger partial charge in [-0.05, 0) is 122 Å². The Bertz CT molecular complexity index is 1160. The van der Waals surface area contributed by atoms with Gasteiger partial charge in [0.15, 0.2) is 0 Å². The zero-order valence-corrected chi connectivity index (χ0v) is 37.9. The van der Waals surface area contributed by atoms with Crippen LogP contribution in [0.3, 0.4) is 0 Å². The summed E-state index contributed by atoms with van der Waals surface area (Å²) in [6.07, 6.45) is 7.32. The van der Waals surface area contributed by atoms with Crippen molar-refractivity contribution in [1.82, 2.24) is 30.2 Å². The van der Waals surface area contributed by atoms with E-state index >= 15 is 0 Å². The van der Waals surface area contributed by atoms with E-state index in [4.69, 9.17) is 23.7 Å². The summed E-state index contributed by atoms with van der Waals surface area (Å²) in [5, 5.41) is 6.68. The number of piperidine rings is 3. The Morgan fingerprint density at radius 3 is 1.25 bits per heavy atom. The van der Waals surface area contributed by atoms with Crippen molar-refractivity contribution in [3.05, 3.63) is 0 Å². The number of likely N-dealkylation sites (tertiary alicyclic amines) is 2. The summed E-state index contributed by atoms with van der Waals surface area (Å²) in [7, 11) is 0. The maximum atomic E-state index is 12.1. The van der Waals surface area contributed by atoms with Crippen molar-refractivity contribution in [1.29, 1.82) is 0 Å². The summed E-state index contributed by atoms with van der Waals surface area (Å²) >= 11 is 0. The molecule has 0 saturated carbocycles. The van der Waals surface area contributed by atoms with Crippen molar-refractivity contribution in [2.75, 3.05) is 78.5 Å². The van der Waals surface area contributed by atoms with Crippen LogP contribution >= 0.6 is 0 Å². The molecule has 6 aliphatic heterocycles. The highest BCUT2D eigenvalue weighted by molar-refractivity contribution is 5.81. The van der Waals surface area contributed by atoms with Gasteiger partial charge in [0, 0.05) is 90.4 Å². The summed E-state index contributed by atoms with van der Waals surface area (Å²) in [5.74, 6) is 0.227. The smallest absolute Gasteiger partial charge is 0.410 e. The molecule has 6 rings (SSSR count). The van der Waals surface area contributed by atoms with Crippen LogP contribution in [0.1, 0.15) is 122 Å². The number of hydrogen-bond acceptors (Lipinski definition) is 12. The van der Waals surface area contributed by atoms with Crippen LogP contribution in [-0.4, -0.2) is 176 Å². The molecule has 2 amide bonds. The minimum atomic E-state index is -0.460. The van der Waals surface area contributed by atoms with Gasteiger partial charge in [0.1, 0.15) is 17.0 Å². The highest BCUT2D eigenvalue weighted by atomic mass is 16.6. The van der Waals surface area contributed by atoms with Gasteiger partial charge in [-0.15, -0.1) is 0 Å². The molecule has 0 aliphatic carbocycles. The monoisotopic (exact) mass is 811 g/mol. The van der Waals surface area contributed by atoms with Gasteiger partial charge in [-0.1, -0.05) is 0 Å². The molecule has 0 aromatic carbocycles. The number of carbonyl (C=O) groups excluding carboxylic acids is 3. The number of ether oxygens (including phenoxy) is 5. The van der Waals surface area contributed by atoms with Crippen LogP contribution in [0.5, 0.6) is 0 Å². The van der Waals surface area contributed by atoms with Gasteiger partial charge in [-0.2, -0.15) is 0 Å². The summed E-state index contributed by atoms with van der Waals surface area (Å²) in [6.45, 7) is 35.2. The molecule has 6 heterocycles. The van der Waals surface area contributed by atoms with Crippen LogP contribution in [0.25, 0.3) is 0 Å². The molecular weight excluding hydrogens is 729 g/mol. The summed E-state index contributed by atoms with van der Waals surface area (Å²) < 4.78 is 27.6. The minimum absolute atomic E-state index is 0.176. The van der Waals surface area contributed by atoms with Crippen molar-refractivity contribution in [2.45, 2.75) is 182 Å². The molecule has 0 spiro atoms. The first-order valence-corrected chi connectivity index (χ1v) is 22.0. The number of nitrogens with one attached hydrogen (secondary N) is 2. The summed E-state index contributed by atoms with van der Waals surface area (Å²) in [5.41, 5.74) is -0.873. The molecule has 6 fully saturated rings. The number of Topliss-reactive ketones (excluding diaryl/α,β-unsaturated/α-hetero) is 1. The molecule has 332 valence electrons. The van der Waals surface area contributed by atoms with E-state index in [2.05, 4.69) is 62.0 Å². The van der Waals surface area contributed by atoms with Gasteiger partial charge in [0.25, 0.3) is 0 Å². The first kappa shape index (κ1) is 49.3. The number of rotatable bonds is 2. The molecule has 0 unspecified atom stereocenters. The maximum Gasteiger partial charge on any atom is 0.410 e. The Morgan fingerprint density at radius 1 is 0.544 bits per heavy atom. The normalized spacial score (nSPS) is 30.1. The number of nitrogens with zero attached hydrogens (tertiary/aromatic N) is 4. The summed E-state index contributed by atoms with van der Waals surface area (Å²) in [6, 6.07) is 1.36. The van der Waals surface area contributed by atoms with Crippen molar-refractivity contribution in [3.8, 4) is 0 Å². The van der Waals surface area contributed by atoms with Crippen LogP contribution < -0.4 is 10.6 Å². The molecular formula is C43H82N6O8. The third-order valence-electron chi connectivity index (χ3n) is 10.7.